The van der Waals surface area contributed by atoms with E-state index in [9.17, 15) is 34.0 Å². The molecule has 170 valence electrons. The number of carboxylic acid groups (broad SMARTS) is 1. The third-order valence-corrected chi connectivity index (χ3v) is 4.44. The van der Waals surface area contributed by atoms with Crippen molar-refractivity contribution in [2.24, 2.45) is 0 Å². The molecule has 0 aliphatic carbocycles. The van der Waals surface area contributed by atoms with Crippen LogP contribution in [0.4, 0.5) is 14.9 Å². The maximum atomic E-state index is 13.1. The van der Waals surface area contributed by atoms with Gasteiger partial charge in [0, 0.05) is 25.0 Å². The van der Waals surface area contributed by atoms with Gasteiger partial charge in [0.25, 0.3) is 5.69 Å². The van der Waals surface area contributed by atoms with Crippen LogP contribution < -0.4 is 10.6 Å². The number of hydrogen-bond acceptors (Lipinski definition) is 6. The number of benzene rings is 2. The van der Waals surface area contributed by atoms with E-state index >= 15 is 0 Å². The van der Waals surface area contributed by atoms with Crippen LogP contribution in [0, 0.1) is 15.9 Å². The van der Waals surface area contributed by atoms with Gasteiger partial charge in [0.15, 0.2) is 0 Å². The van der Waals surface area contributed by atoms with Crippen LogP contribution in [0.15, 0.2) is 48.5 Å². The number of amides is 2. The van der Waals surface area contributed by atoms with Crippen molar-refractivity contribution in [2.75, 3.05) is 6.61 Å². The van der Waals surface area contributed by atoms with Gasteiger partial charge in [-0.15, -0.1) is 0 Å². The van der Waals surface area contributed by atoms with Crippen molar-refractivity contribution >= 4 is 23.7 Å². The standard InChI is InChI=1S/C21H22FN3O7/c1-2-32-21(29)24-17(11-14-5-9-16(10-6-14)25(30)31)19(26)23-18(20(27)28)12-13-3-7-15(22)8-4-13/h3-10,17-18H,2,11-12H2,1H3,(H,23,26)(H,24,29)(H,27,28)/t17-,18-/m0/s1. The van der Waals surface area contributed by atoms with E-state index in [-0.39, 0.29) is 25.1 Å². The van der Waals surface area contributed by atoms with E-state index in [4.69, 9.17) is 4.74 Å². The lowest BCUT2D eigenvalue weighted by Crippen LogP contribution is -2.53. The summed E-state index contributed by atoms with van der Waals surface area (Å²) >= 11 is 0. The molecule has 2 aromatic rings. The van der Waals surface area contributed by atoms with Crippen LogP contribution in [0.25, 0.3) is 0 Å². The highest BCUT2D eigenvalue weighted by Gasteiger charge is 2.27. The Balaban J connectivity index is 2.16. The number of halogens is 1. The topological polar surface area (TPSA) is 148 Å². The van der Waals surface area contributed by atoms with Gasteiger partial charge in [-0.1, -0.05) is 24.3 Å². The summed E-state index contributed by atoms with van der Waals surface area (Å²) in [4.78, 5) is 46.6. The van der Waals surface area contributed by atoms with E-state index < -0.39 is 40.8 Å². The number of nitro groups is 1. The smallest absolute Gasteiger partial charge is 0.407 e. The fourth-order valence-electron chi connectivity index (χ4n) is 2.84. The number of carboxylic acids is 1. The van der Waals surface area contributed by atoms with E-state index in [1.54, 1.807) is 6.92 Å². The molecule has 0 saturated carbocycles. The Labute approximate surface area is 182 Å². The molecule has 10 nitrogen and oxygen atoms in total. The van der Waals surface area contributed by atoms with Crippen molar-refractivity contribution in [3.8, 4) is 0 Å². The van der Waals surface area contributed by atoms with Crippen LogP contribution in [0.5, 0.6) is 0 Å². The van der Waals surface area contributed by atoms with Crippen molar-refractivity contribution in [2.45, 2.75) is 31.8 Å². The number of carbonyl (C=O) groups excluding carboxylic acids is 2. The van der Waals surface area contributed by atoms with Crippen molar-refractivity contribution in [3.63, 3.8) is 0 Å². The van der Waals surface area contributed by atoms with Gasteiger partial charge in [-0.3, -0.25) is 14.9 Å². The number of alkyl carbamates (subject to hydrolysis) is 1. The van der Waals surface area contributed by atoms with Crippen LogP contribution in [0.1, 0.15) is 18.1 Å². The summed E-state index contributed by atoms with van der Waals surface area (Å²) in [6.07, 6.45) is -1.05. The fourth-order valence-corrected chi connectivity index (χ4v) is 2.84. The van der Waals surface area contributed by atoms with Crippen molar-refractivity contribution in [1.29, 1.82) is 0 Å². The SMILES string of the molecule is CCOC(=O)N[C@@H](Cc1ccc([N+](=O)[O-])cc1)C(=O)N[C@@H](Cc1ccc(F)cc1)C(=O)O. The Morgan fingerprint density at radius 1 is 1.00 bits per heavy atom. The molecular formula is C21H22FN3O7. The predicted molar refractivity (Wildman–Crippen MR) is 110 cm³/mol. The van der Waals surface area contributed by atoms with Gasteiger partial charge in [-0.25, -0.2) is 14.0 Å². The molecule has 2 atom stereocenters. The Morgan fingerprint density at radius 3 is 2.03 bits per heavy atom. The molecule has 0 heterocycles. The average Bonchev–Trinajstić information content (AvgIpc) is 2.74. The molecule has 0 fully saturated rings. The molecule has 0 bridgehead atoms. The summed E-state index contributed by atoms with van der Waals surface area (Å²) in [5, 5.41) is 25.0. The summed E-state index contributed by atoms with van der Waals surface area (Å²) in [6, 6.07) is 7.99. The van der Waals surface area contributed by atoms with Gasteiger partial charge in [0.05, 0.1) is 11.5 Å². The molecule has 0 spiro atoms. The Kier molecular flexibility index (Phi) is 8.63. The highest BCUT2D eigenvalue weighted by Crippen LogP contribution is 2.14. The summed E-state index contributed by atoms with van der Waals surface area (Å²) < 4.78 is 17.9. The minimum Gasteiger partial charge on any atom is -0.480 e. The number of rotatable bonds is 10. The molecule has 0 aliphatic heterocycles. The normalized spacial score (nSPS) is 12.3. The third kappa shape index (κ3) is 7.35. The molecule has 3 N–H and O–H groups in total. The molecule has 0 aliphatic rings. The van der Waals surface area contributed by atoms with Crippen LogP contribution in [0.3, 0.4) is 0 Å². The molecule has 2 amide bonds. The molecule has 0 radical (unpaired) electrons. The van der Waals surface area contributed by atoms with Crippen molar-refractivity contribution < 1.29 is 33.5 Å². The molecule has 0 aromatic heterocycles. The van der Waals surface area contributed by atoms with Crippen molar-refractivity contribution in [3.05, 3.63) is 75.6 Å². The minimum atomic E-state index is -1.34. The number of aliphatic carboxylic acids is 1. The molecule has 11 heteroatoms. The van der Waals surface area contributed by atoms with Crippen molar-refractivity contribution in [1.82, 2.24) is 10.6 Å². The van der Waals surface area contributed by atoms with Gasteiger partial charge < -0.3 is 20.5 Å². The van der Waals surface area contributed by atoms with Gasteiger partial charge >= 0.3 is 12.1 Å². The molecular weight excluding hydrogens is 425 g/mol. The highest BCUT2D eigenvalue weighted by atomic mass is 19.1. The van der Waals surface area contributed by atoms with Crippen LogP contribution in [0.2, 0.25) is 0 Å². The maximum Gasteiger partial charge on any atom is 0.407 e. The molecule has 2 rings (SSSR count). The molecule has 0 saturated heterocycles. The van der Waals surface area contributed by atoms with Gasteiger partial charge in [0.2, 0.25) is 5.91 Å². The van der Waals surface area contributed by atoms with Crippen LogP contribution >= 0.6 is 0 Å². The largest absolute Gasteiger partial charge is 0.480 e. The first-order valence-corrected chi connectivity index (χ1v) is 9.63. The Hall–Kier alpha value is -4.02. The van der Waals surface area contributed by atoms with Gasteiger partial charge in [-0.2, -0.15) is 0 Å². The minimum absolute atomic E-state index is 0.0556. The molecule has 0 unspecified atom stereocenters. The Morgan fingerprint density at radius 2 is 1.53 bits per heavy atom. The number of nitrogens with zero attached hydrogens (tertiary/aromatic N) is 1. The second kappa shape index (κ2) is 11.4. The van der Waals surface area contributed by atoms with Crippen LogP contribution in [-0.2, 0) is 27.2 Å². The number of nitrogens with one attached hydrogen (secondary N) is 2. The third-order valence-electron chi connectivity index (χ3n) is 4.44. The lowest BCUT2D eigenvalue weighted by atomic mass is 10.0. The summed E-state index contributed by atoms with van der Waals surface area (Å²) in [7, 11) is 0. The van der Waals surface area contributed by atoms with E-state index in [0.717, 1.165) is 0 Å². The highest BCUT2D eigenvalue weighted by molar-refractivity contribution is 5.89. The monoisotopic (exact) mass is 447 g/mol. The zero-order chi connectivity index (χ0) is 23.7. The predicted octanol–water partition coefficient (Wildman–Crippen LogP) is 2.20. The average molecular weight is 447 g/mol. The number of nitro benzene ring substituents is 1. The maximum absolute atomic E-state index is 13.1. The van der Waals surface area contributed by atoms with Crippen LogP contribution in [-0.4, -0.2) is 46.7 Å². The zero-order valence-electron chi connectivity index (χ0n) is 17.1. The van der Waals surface area contributed by atoms with E-state index in [2.05, 4.69) is 10.6 Å². The lowest BCUT2D eigenvalue weighted by molar-refractivity contribution is -0.384. The van der Waals surface area contributed by atoms with E-state index in [0.29, 0.717) is 11.1 Å². The Bertz CT molecular complexity index is 964. The fraction of sp³-hybridized carbons (Fsp3) is 0.286. The first-order valence-electron chi connectivity index (χ1n) is 9.63. The number of hydrogen-bond donors (Lipinski definition) is 3. The number of carbonyl (C=O) groups is 3. The number of non-ortho nitro benzene ring substituents is 1. The van der Waals surface area contributed by atoms with E-state index in [1.165, 1.54) is 48.5 Å². The molecule has 32 heavy (non-hydrogen) atoms. The second-order valence-corrected chi connectivity index (χ2v) is 6.78. The number of ether oxygens (including phenoxy) is 1. The zero-order valence-corrected chi connectivity index (χ0v) is 17.1. The lowest BCUT2D eigenvalue weighted by Gasteiger charge is -2.21. The summed E-state index contributed by atoms with van der Waals surface area (Å²) in [5.74, 6) is -2.58. The first kappa shape index (κ1) is 24.3. The quantitative estimate of drug-likeness (QED) is 0.373. The van der Waals surface area contributed by atoms with E-state index in [1.807, 2.05) is 0 Å². The summed E-state index contributed by atoms with van der Waals surface area (Å²) in [5.41, 5.74) is 0.848. The van der Waals surface area contributed by atoms with Gasteiger partial charge in [-0.05, 0) is 30.2 Å². The molecule has 2 aromatic carbocycles. The summed E-state index contributed by atoms with van der Waals surface area (Å²) in [6.45, 7) is 1.63. The van der Waals surface area contributed by atoms with Gasteiger partial charge in [0.1, 0.15) is 17.9 Å². The first-order chi connectivity index (χ1) is 15.2. The second-order valence-electron chi connectivity index (χ2n) is 6.78.